The molecule has 0 bridgehead atoms. The highest BCUT2D eigenvalue weighted by Crippen LogP contribution is 2.09. The van der Waals surface area contributed by atoms with Crippen molar-refractivity contribution in [1.82, 2.24) is 5.32 Å². The normalized spacial score (nSPS) is 11.6. The quantitative estimate of drug-likeness (QED) is 0.637. The smallest absolute Gasteiger partial charge is 0.326 e. The number of hydrogen-bond acceptors (Lipinski definition) is 4. The molecular formula is C15H19FN2O4S. The van der Waals surface area contributed by atoms with Crippen LogP contribution in [0.1, 0.15) is 19.8 Å². The summed E-state index contributed by atoms with van der Waals surface area (Å²) in [5, 5.41) is 13.9. The van der Waals surface area contributed by atoms with E-state index in [0.29, 0.717) is 18.5 Å². The molecule has 0 saturated carbocycles. The van der Waals surface area contributed by atoms with Crippen molar-refractivity contribution in [2.45, 2.75) is 25.8 Å². The minimum atomic E-state index is -1.07. The molecule has 1 atom stereocenters. The minimum Gasteiger partial charge on any atom is -0.480 e. The van der Waals surface area contributed by atoms with Crippen molar-refractivity contribution in [3.05, 3.63) is 30.1 Å². The Hall–Kier alpha value is -2.09. The number of thioether (sulfide) groups is 1. The van der Waals surface area contributed by atoms with Crippen molar-refractivity contribution in [3.63, 3.8) is 0 Å². The number of carboxylic acid groups (broad SMARTS) is 1. The second-order valence-electron chi connectivity index (χ2n) is 4.79. The van der Waals surface area contributed by atoms with E-state index < -0.39 is 23.7 Å². The predicted molar refractivity (Wildman–Crippen MR) is 86.8 cm³/mol. The first-order valence-corrected chi connectivity index (χ1v) is 8.23. The van der Waals surface area contributed by atoms with Crippen LogP contribution in [-0.4, -0.2) is 40.4 Å². The minimum absolute atomic E-state index is 0.00959. The van der Waals surface area contributed by atoms with Gasteiger partial charge in [0.25, 0.3) is 0 Å². The number of rotatable bonds is 9. The lowest BCUT2D eigenvalue weighted by molar-refractivity contribution is -0.141. The Morgan fingerprint density at radius 2 is 1.78 bits per heavy atom. The third-order valence-corrected chi connectivity index (χ3v) is 3.74. The fourth-order valence-corrected chi connectivity index (χ4v) is 2.38. The lowest BCUT2D eigenvalue weighted by Crippen LogP contribution is -2.41. The van der Waals surface area contributed by atoms with Gasteiger partial charge < -0.3 is 15.7 Å². The zero-order chi connectivity index (χ0) is 17.2. The Morgan fingerprint density at radius 1 is 1.17 bits per heavy atom. The van der Waals surface area contributed by atoms with Crippen LogP contribution < -0.4 is 10.6 Å². The van der Waals surface area contributed by atoms with Crippen LogP contribution >= 0.6 is 11.8 Å². The van der Waals surface area contributed by atoms with Crippen LogP contribution in [0.2, 0.25) is 0 Å². The molecule has 23 heavy (non-hydrogen) atoms. The summed E-state index contributed by atoms with van der Waals surface area (Å²) in [6.45, 7) is 1.83. The molecule has 0 heterocycles. The SMILES string of the molecule is CCCC(NC(=O)CSCC(=O)Nc1ccc(F)cc1)C(=O)O. The first kappa shape index (κ1) is 19.0. The molecule has 6 nitrogen and oxygen atoms in total. The Morgan fingerprint density at radius 3 is 2.35 bits per heavy atom. The molecule has 8 heteroatoms. The molecule has 1 aromatic carbocycles. The molecule has 0 aromatic heterocycles. The van der Waals surface area contributed by atoms with Gasteiger partial charge in [0.2, 0.25) is 11.8 Å². The van der Waals surface area contributed by atoms with Crippen molar-refractivity contribution in [2.24, 2.45) is 0 Å². The van der Waals surface area contributed by atoms with E-state index in [4.69, 9.17) is 5.11 Å². The number of halogens is 1. The van der Waals surface area contributed by atoms with Gasteiger partial charge in [-0.1, -0.05) is 13.3 Å². The fourth-order valence-electron chi connectivity index (χ4n) is 1.75. The summed E-state index contributed by atoms with van der Waals surface area (Å²) < 4.78 is 12.7. The second kappa shape index (κ2) is 9.83. The van der Waals surface area contributed by atoms with Gasteiger partial charge in [0.1, 0.15) is 11.9 Å². The predicted octanol–water partition coefficient (Wildman–Crippen LogP) is 1.87. The maximum Gasteiger partial charge on any atom is 0.326 e. The van der Waals surface area contributed by atoms with E-state index in [1.165, 1.54) is 24.3 Å². The summed E-state index contributed by atoms with van der Waals surface area (Å²) in [4.78, 5) is 34.2. The molecule has 0 spiro atoms. The standard InChI is InChI=1S/C15H19FN2O4S/c1-2-3-12(15(21)22)18-14(20)9-23-8-13(19)17-11-6-4-10(16)5-7-11/h4-7,12H,2-3,8-9H2,1H3,(H,17,19)(H,18,20)(H,21,22). The maximum absolute atomic E-state index is 12.7. The molecule has 0 fully saturated rings. The summed E-state index contributed by atoms with van der Waals surface area (Å²) in [7, 11) is 0. The summed E-state index contributed by atoms with van der Waals surface area (Å²) in [5.74, 6) is -2.18. The number of benzene rings is 1. The summed E-state index contributed by atoms with van der Waals surface area (Å²) in [5.41, 5.74) is 0.468. The molecule has 0 radical (unpaired) electrons. The van der Waals surface area contributed by atoms with Crippen molar-refractivity contribution < 1.29 is 23.9 Å². The van der Waals surface area contributed by atoms with Gasteiger partial charge in [-0.05, 0) is 30.7 Å². The lowest BCUT2D eigenvalue weighted by atomic mass is 10.2. The van der Waals surface area contributed by atoms with Crippen LogP contribution in [0.3, 0.4) is 0 Å². The summed E-state index contributed by atoms with van der Waals surface area (Å²) in [6.07, 6.45) is 1.00. The van der Waals surface area contributed by atoms with E-state index in [2.05, 4.69) is 10.6 Å². The van der Waals surface area contributed by atoms with E-state index in [1.807, 2.05) is 6.92 Å². The highest BCUT2D eigenvalue weighted by atomic mass is 32.2. The van der Waals surface area contributed by atoms with Gasteiger partial charge in [-0.25, -0.2) is 9.18 Å². The third-order valence-electron chi connectivity index (χ3n) is 2.80. The molecule has 126 valence electrons. The number of carboxylic acids is 1. The Labute approximate surface area is 137 Å². The van der Waals surface area contributed by atoms with E-state index in [9.17, 15) is 18.8 Å². The van der Waals surface area contributed by atoms with E-state index in [-0.39, 0.29) is 17.4 Å². The largest absolute Gasteiger partial charge is 0.480 e. The average Bonchev–Trinajstić information content (AvgIpc) is 2.49. The molecule has 3 N–H and O–H groups in total. The molecule has 0 aliphatic carbocycles. The average molecular weight is 342 g/mol. The van der Waals surface area contributed by atoms with Crippen LogP contribution in [0.25, 0.3) is 0 Å². The number of hydrogen-bond donors (Lipinski definition) is 3. The first-order chi connectivity index (χ1) is 10.9. The Balaban J connectivity index is 2.29. The summed E-state index contributed by atoms with van der Waals surface area (Å²) in [6, 6.07) is 4.44. The highest BCUT2D eigenvalue weighted by Gasteiger charge is 2.18. The van der Waals surface area contributed by atoms with Crippen LogP contribution in [0.15, 0.2) is 24.3 Å². The zero-order valence-electron chi connectivity index (χ0n) is 12.7. The van der Waals surface area contributed by atoms with Gasteiger partial charge >= 0.3 is 5.97 Å². The molecule has 1 rings (SSSR count). The van der Waals surface area contributed by atoms with Gasteiger partial charge in [0.15, 0.2) is 0 Å². The number of anilines is 1. The number of carbonyl (C=O) groups excluding carboxylic acids is 2. The van der Waals surface area contributed by atoms with E-state index in [1.54, 1.807) is 0 Å². The third kappa shape index (κ3) is 7.64. The Kier molecular flexibility index (Phi) is 8.10. The van der Waals surface area contributed by atoms with Crippen molar-refractivity contribution in [3.8, 4) is 0 Å². The summed E-state index contributed by atoms with van der Waals surface area (Å²) >= 11 is 1.07. The van der Waals surface area contributed by atoms with Gasteiger partial charge in [-0.2, -0.15) is 0 Å². The van der Waals surface area contributed by atoms with E-state index in [0.717, 1.165) is 11.8 Å². The molecule has 1 unspecified atom stereocenters. The number of aliphatic carboxylic acids is 1. The lowest BCUT2D eigenvalue weighted by Gasteiger charge is -2.13. The number of carbonyl (C=O) groups is 3. The topological polar surface area (TPSA) is 95.5 Å². The monoisotopic (exact) mass is 342 g/mol. The van der Waals surface area contributed by atoms with Crippen molar-refractivity contribution in [1.29, 1.82) is 0 Å². The maximum atomic E-state index is 12.7. The van der Waals surface area contributed by atoms with Gasteiger partial charge in [0.05, 0.1) is 11.5 Å². The van der Waals surface area contributed by atoms with Crippen LogP contribution in [0, 0.1) is 5.82 Å². The van der Waals surface area contributed by atoms with E-state index >= 15 is 0 Å². The molecule has 0 aliphatic rings. The fraction of sp³-hybridized carbons (Fsp3) is 0.400. The van der Waals surface area contributed by atoms with Crippen LogP contribution in [0.5, 0.6) is 0 Å². The molecular weight excluding hydrogens is 323 g/mol. The molecule has 0 saturated heterocycles. The van der Waals surface area contributed by atoms with Gasteiger partial charge in [0, 0.05) is 5.69 Å². The number of nitrogens with one attached hydrogen (secondary N) is 2. The van der Waals surface area contributed by atoms with Crippen LogP contribution in [0.4, 0.5) is 10.1 Å². The Bertz CT molecular complexity index is 551. The van der Waals surface area contributed by atoms with Crippen molar-refractivity contribution >= 4 is 35.2 Å². The first-order valence-electron chi connectivity index (χ1n) is 7.07. The zero-order valence-corrected chi connectivity index (χ0v) is 13.5. The van der Waals surface area contributed by atoms with Crippen molar-refractivity contribution in [2.75, 3.05) is 16.8 Å². The van der Waals surface area contributed by atoms with Gasteiger partial charge in [-0.3, -0.25) is 9.59 Å². The van der Waals surface area contributed by atoms with Gasteiger partial charge in [-0.15, -0.1) is 11.8 Å². The molecule has 0 aliphatic heterocycles. The number of amides is 2. The molecule has 2 amide bonds. The van der Waals surface area contributed by atoms with Crippen LogP contribution in [-0.2, 0) is 14.4 Å². The molecule has 1 aromatic rings. The second-order valence-corrected chi connectivity index (χ2v) is 5.78. The highest BCUT2D eigenvalue weighted by molar-refractivity contribution is 8.00.